The van der Waals surface area contributed by atoms with E-state index < -0.39 is 34.6 Å². The SMILES string of the molecule is CC(C)(C)c1ccc2c3ccccc3n(-c3cc(-c4c(F)c(F)c(F)c(F)c4F)c(-n4c5ccccc5c5ccc(C(C)(C)C)cc54)cc3C#N)c2c1. The van der Waals surface area contributed by atoms with Crippen molar-refractivity contribution < 1.29 is 22.0 Å². The first-order valence-electron chi connectivity index (χ1n) is 17.3. The summed E-state index contributed by atoms with van der Waals surface area (Å²) < 4.78 is 80.6. The van der Waals surface area contributed by atoms with Crippen LogP contribution in [0.15, 0.2) is 97.1 Å². The molecule has 0 saturated heterocycles. The van der Waals surface area contributed by atoms with Gasteiger partial charge in [-0.15, -0.1) is 0 Å². The van der Waals surface area contributed by atoms with Crippen molar-refractivity contribution in [2.45, 2.75) is 52.4 Å². The molecular formula is C45H34F5N3. The van der Waals surface area contributed by atoms with Crippen molar-refractivity contribution in [2.75, 3.05) is 0 Å². The second kappa shape index (κ2) is 11.8. The van der Waals surface area contributed by atoms with Crippen LogP contribution in [0.3, 0.4) is 0 Å². The van der Waals surface area contributed by atoms with E-state index >= 15 is 17.6 Å². The Bertz CT molecular complexity index is 2850. The van der Waals surface area contributed by atoms with Crippen LogP contribution in [0.1, 0.15) is 58.2 Å². The van der Waals surface area contributed by atoms with Gasteiger partial charge in [0, 0.05) is 27.1 Å². The lowest BCUT2D eigenvalue weighted by Crippen LogP contribution is -2.12. The molecule has 6 aromatic carbocycles. The van der Waals surface area contributed by atoms with E-state index in [1.807, 2.05) is 89.5 Å². The van der Waals surface area contributed by atoms with Crippen LogP contribution < -0.4 is 0 Å². The number of para-hydroxylation sites is 2. The van der Waals surface area contributed by atoms with Gasteiger partial charge in [-0.1, -0.05) is 102 Å². The van der Waals surface area contributed by atoms with Gasteiger partial charge in [0.25, 0.3) is 0 Å². The zero-order valence-electron chi connectivity index (χ0n) is 30.0. The molecule has 8 heteroatoms. The van der Waals surface area contributed by atoms with Crippen LogP contribution in [0.5, 0.6) is 0 Å². The number of halogens is 5. The molecule has 0 atom stereocenters. The minimum atomic E-state index is -2.25. The number of aromatic nitrogens is 2. The Morgan fingerprint density at radius 3 is 1.34 bits per heavy atom. The minimum Gasteiger partial charge on any atom is -0.309 e. The molecule has 0 unspecified atom stereocenters. The van der Waals surface area contributed by atoms with Gasteiger partial charge in [0.1, 0.15) is 6.07 Å². The fraction of sp³-hybridized carbons (Fsp3) is 0.178. The van der Waals surface area contributed by atoms with E-state index in [1.165, 1.54) is 12.1 Å². The van der Waals surface area contributed by atoms with E-state index in [0.717, 1.165) is 38.2 Å². The lowest BCUT2D eigenvalue weighted by Gasteiger charge is -2.22. The van der Waals surface area contributed by atoms with Crippen LogP contribution >= 0.6 is 0 Å². The Morgan fingerprint density at radius 1 is 0.472 bits per heavy atom. The second-order valence-corrected chi connectivity index (χ2v) is 15.6. The number of rotatable bonds is 3. The van der Waals surface area contributed by atoms with Crippen LogP contribution in [-0.2, 0) is 10.8 Å². The van der Waals surface area contributed by atoms with E-state index in [-0.39, 0.29) is 33.3 Å². The molecule has 264 valence electrons. The van der Waals surface area contributed by atoms with Crippen molar-refractivity contribution in [3.63, 3.8) is 0 Å². The van der Waals surface area contributed by atoms with Gasteiger partial charge in [0.05, 0.1) is 44.6 Å². The predicted octanol–water partition coefficient (Wildman–Crippen LogP) is 12.7. The van der Waals surface area contributed by atoms with Gasteiger partial charge < -0.3 is 9.13 Å². The molecule has 0 radical (unpaired) electrons. The van der Waals surface area contributed by atoms with E-state index in [2.05, 4.69) is 47.6 Å². The molecule has 0 aliphatic carbocycles. The van der Waals surface area contributed by atoms with E-state index in [9.17, 15) is 9.65 Å². The summed E-state index contributed by atoms with van der Waals surface area (Å²) in [6.07, 6.45) is 0. The Morgan fingerprint density at radius 2 is 0.887 bits per heavy atom. The van der Waals surface area contributed by atoms with Crippen molar-refractivity contribution in [3.8, 4) is 28.6 Å². The zero-order chi connectivity index (χ0) is 37.7. The lowest BCUT2D eigenvalue weighted by atomic mass is 9.86. The van der Waals surface area contributed by atoms with E-state index in [4.69, 9.17) is 0 Å². The summed E-state index contributed by atoms with van der Waals surface area (Å²) in [6.45, 7) is 12.4. The molecule has 8 rings (SSSR count). The highest BCUT2D eigenvalue weighted by Gasteiger charge is 2.31. The topological polar surface area (TPSA) is 33.6 Å². The Hall–Kier alpha value is -5.94. The summed E-state index contributed by atoms with van der Waals surface area (Å²) >= 11 is 0. The molecule has 0 bridgehead atoms. The van der Waals surface area contributed by atoms with Crippen molar-refractivity contribution in [1.82, 2.24) is 9.13 Å². The van der Waals surface area contributed by atoms with E-state index in [1.54, 1.807) is 4.57 Å². The van der Waals surface area contributed by atoms with Crippen LogP contribution in [0.25, 0.3) is 66.1 Å². The number of fused-ring (bicyclic) bond motifs is 6. The first-order chi connectivity index (χ1) is 25.1. The number of nitriles is 1. The molecule has 0 saturated carbocycles. The number of benzene rings is 6. The largest absolute Gasteiger partial charge is 0.309 e. The molecular weight excluding hydrogens is 678 g/mol. The monoisotopic (exact) mass is 711 g/mol. The molecule has 2 heterocycles. The first-order valence-corrected chi connectivity index (χ1v) is 17.3. The summed E-state index contributed by atoms with van der Waals surface area (Å²) in [7, 11) is 0. The molecule has 0 amide bonds. The summed E-state index contributed by atoms with van der Waals surface area (Å²) in [5.41, 5.74) is 3.21. The second-order valence-electron chi connectivity index (χ2n) is 15.6. The van der Waals surface area contributed by atoms with E-state index in [0.29, 0.717) is 16.6 Å². The molecule has 0 spiro atoms. The molecule has 8 aromatic rings. The average molecular weight is 712 g/mol. The van der Waals surface area contributed by atoms with Crippen molar-refractivity contribution in [2.24, 2.45) is 0 Å². The van der Waals surface area contributed by atoms with Gasteiger partial charge in [-0.3, -0.25) is 0 Å². The quantitative estimate of drug-likeness (QED) is 0.102. The molecule has 0 aliphatic heterocycles. The maximum absolute atomic E-state index is 16.1. The summed E-state index contributed by atoms with van der Waals surface area (Å²) in [4.78, 5) is 0. The molecule has 0 aliphatic rings. The Labute approximate surface area is 303 Å². The fourth-order valence-electron chi connectivity index (χ4n) is 7.47. The third kappa shape index (κ3) is 5.13. The maximum Gasteiger partial charge on any atom is 0.200 e. The highest BCUT2D eigenvalue weighted by atomic mass is 19.2. The Kier molecular flexibility index (Phi) is 7.60. The van der Waals surface area contributed by atoms with Crippen LogP contribution in [0, 0.1) is 40.4 Å². The Balaban J connectivity index is 1.59. The first kappa shape index (κ1) is 34.2. The zero-order valence-corrected chi connectivity index (χ0v) is 30.0. The molecule has 0 N–H and O–H groups in total. The van der Waals surface area contributed by atoms with Crippen LogP contribution in [0.2, 0.25) is 0 Å². The van der Waals surface area contributed by atoms with Crippen LogP contribution in [-0.4, -0.2) is 9.13 Å². The van der Waals surface area contributed by atoms with Gasteiger partial charge in [-0.2, -0.15) is 5.26 Å². The number of hydrogen-bond donors (Lipinski definition) is 0. The fourth-order valence-corrected chi connectivity index (χ4v) is 7.47. The molecule has 3 nitrogen and oxygen atoms in total. The normalized spacial score (nSPS) is 12.4. The molecule has 0 fully saturated rings. The molecule has 53 heavy (non-hydrogen) atoms. The smallest absolute Gasteiger partial charge is 0.200 e. The van der Waals surface area contributed by atoms with Gasteiger partial charge in [-0.25, -0.2) is 22.0 Å². The van der Waals surface area contributed by atoms with Gasteiger partial charge in [0.15, 0.2) is 23.3 Å². The standard InChI is InChI=1S/C45H34F5N3/c1-44(2,3)25-15-17-29-27-11-7-9-13-32(27)52(36(29)20-25)34-22-31(38-39(46)41(48)43(50)42(49)40(38)47)35(19-24(34)23-51)53-33-14-10-8-12-28(33)30-18-16-26(21-37(30)53)45(4,5)6/h7-22H,1-6H3. The molecule has 2 aromatic heterocycles. The number of nitrogens with zero attached hydrogens (tertiary/aromatic N) is 3. The maximum atomic E-state index is 16.1. The minimum absolute atomic E-state index is 0.0851. The van der Waals surface area contributed by atoms with Gasteiger partial charge in [-0.05, 0) is 58.4 Å². The number of hydrogen-bond acceptors (Lipinski definition) is 1. The average Bonchev–Trinajstić information content (AvgIpc) is 3.64. The van der Waals surface area contributed by atoms with Crippen LogP contribution in [0.4, 0.5) is 22.0 Å². The van der Waals surface area contributed by atoms with Gasteiger partial charge >= 0.3 is 0 Å². The highest BCUT2D eigenvalue weighted by Crippen LogP contribution is 2.44. The van der Waals surface area contributed by atoms with Gasteiger partial charge in [0.2, 0.25) is 5.82 Å². The van der Waals surface area contributed by atoms with Crippen molar-refractivity contribution in [1.29, 1.82) is 5.26 Å². The summed E-state index contributed by atoms with van der Waals surface area (Å²) in [6, 6.07) is 32.2. The third-order valence-corrected chi connectivity index (χ3v) is 10.3. The third-order valence-electron chi connectivity index (χ3n) is 10.3. The predicted molar refractivity (Wildman–Crippen MR) is 202 cm³/mol. The summed E-state index contributed by atoms with van der Waals surface area (Å²) in [5.74, 6) is -10.3. The summed E-state index contributed by atoms with van der Waals surface area (Å²) in [5, 5.41) is 14.2. The van der Waals surface area contributed by atoms with Crippen molar-refractivity contribution in [3.05, 3.63) is 143 Å². The lowest BCUT2D eigenvalue weighted by molar-refractivity contribution is 0.381. The van der Waals surface area contributed by atoms with Crippen molar-refractivity contribution >= 4 is 43.6 Å². The highest BCUT2D eigenvalue weighted by molar-refractivity contribution is 6.11.